The topological polar surface area (TPSA) is 20.2 Å². The molecule has 0 saturated heterocycles. The fourth-order valence-electron chi connectivity index (χ4n) is 2.86. The highest BCUT2D eigenvalue weighted by atomic mass is 16.3. The maximum absolute atomic E-state index is 10.2. The van der Waals surface area contributed by atoms with Crippen LogP contribution in [0.15, 0.2) is 42.0 Å². The van der Waals surface area contributed by atoms with Gasteiger partial charge in [0.1, 0.15) is 5.75 Å². The van der Waals surface area contributed by atoms with E-state index >= 15 is 0 Å². The average Bonchev–Trinajstić information content (AvgIpc) is 2.28. The van der Waals surface area contributed by atoms with Gasteiger partial charge in [-0.1, -0.05) is 35.9 Å². The highest BCUT2D eigenvalue weighted by Crippen LogP contribution is 2.42. The molecular weight excluding hydrogens is 220 g/mol. The van der Waals surface area contributed by atoms with Crippen LogP contribution >= 0.6 is 0 Å². The Morgan fingerprint density at radius 2 is 2.06 bits per heavy atom. The van der Waals surface area contributed by atoms with Crippen LogP contribution in [-0.2, 0) is 0 Å². The second kappa shape index (κ2) is 5.01. The molecule has 2 atom stereocenters. The van der Waals surface area contributed by atoms with Crippen molar-refractivity contribution in [3.8, 4) is 5.75 Å². The molecule has 1 aliphatic carbocycles. The summed E-state index contributed by atoms with van der Waals surface area (Å²) in [5, 5.41) is 10.2. The van der Waals surface area contributed by atoms with Gasteiger partial charge in [-0.3, -0.25) is 0 Å². The highest BCUT2D eigenvalue weighted by molar-refractivity contribution is 5.42. The number of hydrogen-bond acceptors (Lipinski definition) is 1. The van der Waals surface area contributed by atoms with E-state index in [-0.39, 0.29) is 5.92 Å². The summed E-state index contributed by atoms with van der Waals surface area (Å²) in [5.74, 6) is 1.14. The van der Waals surface area contributed by atoms with Crippen molar-refractivity contribution in [1.82, 2.24) is 0 Å². The zero-order valence-electron chi connectivity index (χ0n) is 11.5. The minimum absolute atomic E-state index is 0.275. The molecule has 0 fully saturated rings. The van der Waals surface area contributed by atoms with Gasteiger partial charge in [-0.15, -0.1) is 0 Å². The smallest absolute Gasteiger partial charge is 0.119 e. The molecule has 96 valence electrons. The molecule has 0 aliphatic heterocycles. The van der Waals surface area contributed by atoms with Crippen molar-refractivity contribution in [1.29, 1.82) is 0 Å². The molecule has 1 aromatic carbocycles. The number of aromatic hydroxyl groups is 1. The van der Waals surface area contributed by atoms with Crippen LogP contribution in [0.25, 0.3) is 0 Å². The van der Waals surface area contributed by atoms with Gasteiger partial charge < -0.3 is 5.11 Å². The fraction of sp³-hybridized carbons (Fsp3) is 0.412. The molecule has 1 aliphatic rings. The maximum Gasteiger partial charge on any atom is 0.119 e. The Labute approximate surface area is 110 Å². The third-order valence-electron chi connectivity index (χ3n) is 3.93. The summed E-state index contributed by atoms with van der Waals surface area (Å²) in [7, 11) is 0. The van der Waals surface area contributed by atoms with Gasteiger partial charge in [-0.05, 0) is 51.2 Å². The Hall–Kier alpha value is -1.50. The van der Waals surface area contributed by atoms with Gasteiger partial charge in [-0.25, -0.2) is 0 Å². The van der Waals surface area contributed by atoms with Gasteiger partial charge in [0.25, 0.3) is 0 Å². The van der Waals surface area contributed by atoms with Crippen molar-refractivity contribution >= 4 is 0 Å². The third-order valence-corrected chi connectivity index (χ3v) is 3.93. The number of aryl methyl sites for hydroxylation is 1. The van der Waals surface area contributed by atoms with Crippen LogP contribution in [0.1, 0.15) is 43.7 Å². The second-order valence-corrected chi connectivity index (χ2v) is 5.59. The van der Waals surface area contributed by atoms with Crippen LogP contribution in [0.5, 0.6) is 5.75 Å². The van der Waals surface area contributed by atoms with Gasteiger partial charge in [0, 0.05) is 11.5 Å². The lowest BCUT2D eigenvalue weighted by Gasteiger charge is -2.31. The second-order valence-electron chi connectivity index (χ2n) is 5.59. The summed E-state index contributed by atoms with van der Waals surface area (Å²) in [4.78, 5) is 0. The molecule has 0 bridgehead atoms. The van der Waals surface area contributed by atoms with Crippen molar-refractivity contribution in [3.63, 3.8) is 0 Å². The zero-order valence-corrected chi connectivity index (χ0v) is 11.5. The first-order valence-corrected chi connectivity index (χ1v) is 6.61. The quantitative estimate of drug-likeness (QED) is 0.744. The molecule has 0 amide bonds. The van der Waals surface area contributed by atoms with E-state index in [0.717, 1.165) is 24.0 Å². The first-order chi connectivity index (χ1) is 8.49. The Kier molecular flexibility index (Phi) is 3.60. The molecule has 0 spiro atoms. The summed E-state index contributed by atoms with van der Waals surface area (Å²) < 4.78 is 0. The molecule has 1 N–H and O–H groups in total. The molecular formula is C17H22O. The van der Waals surface area contributed by atoms with Gasteiger partial charge in [-0.2, -0.15) is 0 Å². The van der Waals surface area contributed by atoms with Crippen molar-refractivity contribution in [2.24, 2.45) is 5.92 Å². The first kappa shape index (κ1) is 12.9. The average molecular weight is 242 g/mol. The summed E-state index contributed by atoms with van der Waals surface area (Å²) >= 11 is 0. The third kappa shape index (κ3) is 2.50. The van der Waals surface area contributed by atoms with Crippen LogP contribution in [0.3, 0.4) is 0 Å². The molecule has 0 aromatic heterocycles. The van der Waals surface area contributed by atoms with Crippen LogP contribution in [0.2, 0.25) is 0 Å². The Balaban J connectivity index is 2.44. The number of phenols is 1. The number of phenolic OH excluding ortho intramolecular Hbond substituents is 1. The van der Waals surface area contributed by atoms with Gasteiger partial charge in [0.2, 0.25) is 0 Å². The zero-order chi connectivity index (χ0) is 13.3. The van der Waals surface area contributed by atoms with E-state index in [1.54, 1.807) is 0 Å². The van der Waals surface area contributed by atoms with Crippen LogP contribution in [0.4, 0.5) is 0 Å². The normalized spacial score (nSPS) is 23.6. The molecule has 0 saturated carbocycles. The lowest BCUT2D eigenvalue weighted by molar-refractivity contribution is 0.436. The summed E-state index contributed by atoms with van der Waals surface area (Å²) in [6.45, 7) is 10.4. The molecule has 1 heteroatoms. The number of benzene rings is 1. The van der Waals surface area contributed by atoms with Crippen molar-refractivity contribution in [3.05, 3.63) is 53.1 Å². The Morgan fingerprint density at radius 1 is 1.33 bits per heavy atom. The lowest BCUT2D eigenvalue weighted by Crippen LogP contribution is -2.16. The maximum atomic E-state index is 10.2. The van der Waals surface area contributed by atoms with Gasteiger partial charge >= 0.3 is 0 Å². The molecule has 1 nitrogen and oxygen atoms in total. The monoisotopic (exact) mass is 242 g/mol. The predicted octanol–water partition coefficient (Wildman–Crippen LogP) is 4.72. The number of hydrogen-bond donors (Lipinski definition) is 1. The molecule has 0 heterocycles. The molecule has 1 aromatic rings. The summed E-state index contributed by atoms with van der Waals surface area (Å²) in [6.07, 6.45) is 4.57. The summed E-state index contributed by atoms with van der Waals surface area (Å²) in [6, 6.07) is 5.98. The molecule has 2 rings (SSSR count). The Morgan fingerprint density at radius 3 is 2.67 bits per heavy atom. The van der Waals surface area contributed by atoms with E-state index in [1.165, 1.54) is 11.1 Å². The minimum Gasteiger partial charge on any atom is -0.508 e. The standard InChI is InChI=1S/C17H22O/c1-11(2)14-7-5-12(3)9-16(14)15-8-6-13(4)10-17(15)18/h6,8-10,14,16,18H,1,5,7H2,2-4H3/t14-,16?/m0/s1. The Bertz CT molecular complexity index is 496. The van der Waals surface area contributed by atoms with E-state index in [0.29, 0.717) is 11.7 Å². The van der Waals surface area contributed by atoms with Crippen LogP contribution in [0, 0.1) is 12.8 Å². The van der Waals surface area contributed by atoms with Crippen molar-refractivity contribution in [2.75, 3.05) is 0 Å². The molecule has 1 unspecified atom stereocenters. The minimum atomic E-state index is 0.275. The van der Waals surface area contributed by atoms with Gasteiger partial charge in [0.15, 0.2) is 0 Å². The SMILES string of the molecule is C=C(C)[C@@H]1CCC(C)=CC1c1ccc(C)cc1O. The van der Waals surface area contributed by atoms with Crippen molar-refractivity contribution in [2.45, 2.75) is 39.5 Å². The van der Waals surface area contributed by atoms with Crippen LogP contribution < -0.4 is 0 Å². The van der Waals surface area contributed by atoms with E-state index in [2.05, 4.69) is 38.6 Å². The molecule has 18 heavy (non-hydrogen) atoms. The van der Waals surface area contributed by atoms with E-state index in [1.807, 2.05) is 13.0 Å². The van der Waals surface area contributed by atoms with Crippen LogP contribution in [-0.4, -0.2) is 5.11 Å². The van der Waals surface area contributed by atoms with Crippen molar-refractivity contribution < 1.29 is 5.11 Å². The van der Waals surface area contributed by atoms with E-state index < -0.39 is 0 Å². The van der Waals surface area contributed by atoms with E-state index in [9.17, 15) is 5.11 Å². The lowest BCUT2D eigenvalue weighted by atomic mass is 9.74. The number of allylic oxidation sites excluding steroid dienone is 3. The fourth-order valence-corrected chi connectivity index (χ4v) is 2.86. The molecule has 0 radical (unpaired) electrons. The first-order valence-electron chi connectivity index (χ1n) is 6.61. The summed E-state index contributed by atoms with van der Waals surface area (Å²) in [5.41, 5.74) is 4.76. The van der Waals surface area contributed by atoms with E-state index in [4.69, 9.17) is 0 Å². The largest absolute Gasteiger partial charge is 0.508 e. The number of rotatable bonds is 2. The highest BCUT2D eigenvalue weighted by Gasteiger charge is 2.27. The predicted molar refractivity (Wildman–Crippen MR) is 76.9 cm³/mol. The van der Waals surface area contributed by atoms with Gasteiger partial charge in [0.05, 0.1) is 0 Å².